The highest BCUT2D eigenvalue weighted by molar-refractivity contribution is 6.30. The van der Waals surface area contributed by atoms with E-state index in [2.05, 4.69) is 10.2 Å². The number of halogens is 1. The van der Waals surface area contributed by atoms with Crippen molar-refractivity contribution in [3.05, 3.63) is 34.9 Å². The van der Waals surface area contributed by atoms with E-state index in [0.717, 1.165) is 0 Å². The van der Waals surface area contributed by atoms with Crippen LogP contribution < -0.4 is 5.32 Å². The molecule has 0 aliphatic carbocycles. The summed E-state index contributed by atoms with van der Waals surface area (Å²) in [6.07, 6.45) is 4.22. The van der Waals surface area contributed by atoms with Gasteiger partial charge in [0.15, 0.2) is 0 Å². The second kappa shape index (κ2) is 8.06. The summed E-state index contributed by atoms with van der Waals surface area (Å²) in [5.41, 5.74) is 0.222. The summed E-state index contributed by atoms with van der Waals surface area (Å²) in [5, 5.41) is 11.7. The van der Waals surface area contributed by atoms with Crippen molar-refractivity contribution in [2.24, 2.45) is 0 Å². The topological polar surface area (TPSA) is 58.6 Å². The van der Waals surface area contributed by atoms with Gasteiger partial charge in [0.25, 0.3) is 0 Å². The number of hydrogen-bond donors (Lipinski definition) is 2. The highest BCUT2D eigenvalue weighted by Gasteiger charge is 2.05. The van der Waals surface area contributed by atoms with Gasteiger partial charge in [-0.05, 0) is 44.1 Å². The number of nitrogens with one attached hydrogen (secondary N) is 1. The zero-order valence-corrected chi connectivity index (χ0v) is 10.2. The molecule has 4 nitrogen and oxygen atoms in total. The average Bonchev–Trinajstić information content (AvgIpc) is 2.40. The maximum atomic E-state index is 10.6. The van der Waals surface area contributed by atoms with E-state index < -0.39 is 5.97 Å². The van der Waals surface area contributed by atoms with Crippen LogP contribution in [0.5, 0.6) is 0 Å². The van der Waals surface area contributed by atoms with Gasteiger partial charge in [-0.1, -0.05) is 24.1 Å². The maximum Gasteiger partial charge on any atom is 0.372 e. The molecule has 0 aromatic heterocycles. The van der Waals surface area contributed by atoms with Crippen molar-refractivity contribution in [3.8, 4) is 0 Å². The molecule has 2 rings (SSSR count). The average molecular weight is 258 g/mol. The van der Waals surface area contributed by atoms with Crippen LogP contribution in [0.1, 0.15) is 29.6 Å². The Morgan fingerprint density at radius 3 is 2.41 bits per heavy atom. The number of hydrogen-bond acceptors (Lipinski definition) is 4. The van der Waals surface area contributed by atoms with Crippen LogP contribution in [-0.4, -0.2) is 24.3 Å². The number of carbonyl (C=O) groups is 1. The largest absolute Gasteiger partial charge is 0.372 e. The van der Waals surface area contributed by atoms with E-state index in [9.17, 15) is 4.79 Å². The van der Waals surface area contributed by atoms with E-state index >= 15 is 0 Å². The smallest absolute Gasteiger partial charge is 0.317 e. The Balaban J connectivity index is 0.000000202. The van der Waals surface area contributed by atoms with Gasteiger partial charge >= 0.3 is 5.97 Å². The molecule has 0 atom stereocenters. The summed E-state index contributed by atoms with van der Waals surface area (Å²) >= 11 is 5.56. The molecule has 17 heavy (non-hydrogen) atoms. The van der Waals surface area contributed by atoms with Gasteiger partial charge in [-0.15, -0.1) is 0 Å². The Morgan fingerprint density at radius 2 is 2.00 bits per heavy atom. The lowest BCUT2D eigenvalue weighted by atomic mass is 10.2. The summed E-state index contributed by atoms with van der Waals surface area (Å²) in [4.78, 5) is 14.1. The monoisotopic (exact) mass is 257 g/mol. The lowest BCUT2D eigenvalue weighted by Crippen LogP contribution is -2.21. The molecule has 1 aliphatic rings. The molecule has 1 aromatic carbocycles. The van der Waals surface area contributed by atoms with Gasteiger partial charge in [0, 0.05) is 5.02 Å². The maximum absolute atomic E-state index is 10.6. The van der Waals surface area contributed by atoms with Gasteiger partial charge in [-0.3, -0.25) is 4.89 Å². The first-order valence-corrected chi connectivity index (χ1v) is 5.94. The van der Waals surface area contributed by atoms with Crippen LogP contribution >= 0.6 is 11.6 Å². The SMILES string of the molecule is C1CCNCC1.O=C(OO)c1cccc(Cl)c1. The minimum absolute atomic E-state index is 0.222. The quantitative estimate of drug-likeness (QED) is 0.600. The first-order chi connectivity index (χ1) is 8.24. The lowest BCUT2D eigenvalue weighted by molar-refractivity contribution is -0.182. The molecular weight excluding hydrogens is 242 g/mol. The fraction of sp³-hybridized carbons (Fsp3) is 0.417. The fourth-order valence-electron chi connectivity index (χ4n) is 1.47. The zero-order valence-electron chi connectivity index (χ0n) is 9.49. The Kier molecular flexibility index (Phi) is 6.62. The van der Waals surface area contributed by atoms with Gasteiger partial charge in [0.05, 0.1) is 5.56 Å². The van der Waals surface area contributed by atoms with E-state index in [1.807, 2.05) is 0 Å². The minimum Gasteiger partial charge on any atom is -0.317 e. The summed E-state index contributed by atoms with van der Waals surface area (Å²) in [6, 6.07) is 6.11. The minimum atomic E-state index is -0.813. The van der Waals surface area contributed by atoms with Crippen LogP contribution in [0.25, 0.3) is 0 Å². The lowest BCUT2D eigenvalue weighted by Gasteiger charge is -2.08. The van der Waals surface area contributed by atoms with Gasteiger partial charge in [0.2, 0.25) is 0 Å². The van der Waals surface area contributed by atoms with Crippen LogP contribution in [0.4, 0.5) is 0 Å². The molecule has 0 radical (unpaired) electrons. The van der Waals surface area contributed by atoms with Crippen molar-refractivity contribution >= 4 is 17.6 Å². The van der Waals surface area contributed by atoms with Crippen molar-refractivity contribution < 1.29 is 14.9 Å². The standard InChI is InChI=1S/C7H5ClO3.C5H11N/c8-6-3-1-2-5(4-6)7(9)11-10;1-2-4-6-5-3-1/h1-4,10H;6H,1-5H2. The Morgan fingerprint density at radius 1 is 1.29 bits per heavy atom. The molecular formula is C12H16ClNO3. The Bertz CT molecular complexity index is 342. The van der Waals surface area contributed by atoms with E-state index in [0.29, 0.717) is 5.02 Å². The molecule has 1 aliphatic heterocycles. The molecule has 1 fully saturated rings. The van der Waals surface area contributed by atoms with Gasteiger partial charge < -0.3 is 5.32 Å². The van der Waals surface area contributed by atoms with Crippen LogP contribution in [-0.2, 0) is 4.89 Å². The van der Waals surface area contributed by atoms with E-state index in [1.54, 1.807) is 12.1 Å². The summed E-state index contributed by atoms with van der Waals surface area (Å²) in [7, 11) is 0. The third kappa shape index (κ3) is 5.68. The number of piperidine rings is 1. The summed E-state index contributed by atoms with van der Waals surface area (Å²) in [5.74, 6) is -0.813. The van der Waals surface area contributed by atoms with Gasteiger partial charge in [0.1, 0.15) is 0 Å². The number of benzene rings is 1. The molecule has 5 heteroatoms. The second-order valence-electron chi connectivity index (χ2n) is 3.70. The van der Waals surface area contributed by atoms with Crippen molar-refractivity contribution in [2.75, 3.05) is 13.1 Å². The van der Waals surface area contributed by atoms with Crippen LogP contribution in [0, 0.1) is 0 Å². The second-order valence-corrected chi connectivity index (χ2v) is 4.14. The van der Waals surface area contributed by atoms with Crippen molar-refractivity contribution in [3.63, 3.8) is 0 Å². The van der Waals surface area contributed by atoms with Crippen LogP contribution in [0.15, 0.2) is 24.3 Å². The molecule has 0 spiro atoms. The molecule has 1 aromatic rings. The van der Waals surface area contributed by atoms with Crippen LogP contribution in [0.2, 0.25) is 5.02 Å². The third-order valence-electron chi connectivity index (χ3n) is 2.35. The number of carbonyl (C=O) groups excluding carboxylic acids is 1. The Labute approximate surface area is 105 Å². The molecule has 1 saturated heterocycles. The predicted molar refractivity (Wildman–Crippen MR) is 66.2 cm³/mol. The predicted octanol–water partition coefficient (Wildman–Crippen LogP) is 2.73. The molecule has 94 valence electrons. The molecule has 0 bridgehead atoms. The summed E-state index contributed by atoms with van der Waals surface area (Å²) < 4.78 is 0. The fourth-order valence-corrected chi connectivity index (χ4v) is 1.66. The highest BCUT2D eigenvalue weighted by atomic mass is 35.5. The van der Waals surface area contributed by atoms with Gasteiger partial charge in [-0.25, -0.2) is 4.79 Å². The number of rotatable bonds is 1. The summed E-state index contributed by atoms with van der Waals surface area (Å²) in [6.45, 7) is 2.50. The Hall–Kier alpha value is -1.10. The van der Waals surface area contributed by atoms with E-state index in [4.69, 9.17) is 16.9 Å². The first kappa shape index (κ1) is 14.0. The molecule has 2 N–H and O–H groups in total. The van der Waals surface area contributed by atoms with Crippen LogP contribution in [0.3, 0.4) is 0 Å². The molecule has 0 unspecified atom stereocenters. The molecule has 0 amide bonds. The highest BCUT2D eigenvalue weighted by Crippen LogP contribution is 2.10. The van der Waals surface area contributed by atoms with E-state index in [-0.39, 0.29) is 5.56 Å². The van der Waals surface area contributed by atoms with Crippen molar-refractivity contribution in [2.45, 2.75) is 19.3 Å². The van der Waals surface area contributed by atoms with Crippen molar-refractivity contribution in [1.29, 1.82) is 0 Å². The normalized spacial score (nSPS) is 14.5. The van der Waals surface area contributed by atoms with Crippen molar-refractivity contribution in [1.82, 2.24) is 5.32 Å². The molecule has 0 saturated carbocycles. The molecule has 1 heterocycles. The zero-order chi connectivity index (χ0) is 12.5. The third-order valence-corrected chi connectivity index (χ3v) is 2.59. The van der Waals surface area contributed by atoms with E-state index in [1.165, 1.54) is 44.5 Å². The first-order valence-electron chi connectivity index (χ1n) is 5.56. The van der Waals surface area contributed by atoms with Gasteiger partial charge in [-0.2, -0.15) is 5.26 Å².